The SMILES string of the molecule is COCCNC(=O)N1CCC[C@H]1C(=O)N1CCOCC1. The quantitative estimate of drug-likeness (QED) is 0.718. The average Bonchev–Trinajstić information content (AvgIpc) is 2.97. The highest BCUT2D eigenvalue weighted by Gasteiger charge is 2.36. The van der Waals surface area contributed by atoms with Crippen LogP contribution in [0.2, 0.25) is 0 Å². The van der Waals surface area contributed by atoms with Crippen molar-refractivity contribution in [3.8, 4) is 0 Å². The molecule has 0 spiro atoms. The summed E-state index contributed by atoms with van der Waals surface area (Å²) in [6, 6.07) is -0.498. The zero-order valence-corrected chi connectivity index (χ0v) is 12.0. The molecule has 0 bridgehead atoms. The molecule has 2 saturated heterocycles. The summed E-state index contributed by atoms with van der Waals surface area (Å²) in [4.78, 5) is 28.0. The second-order valence-corrected chi connectivity index (χ2v) is 5.01. The van der Waals surface area contributed by atoms with Crippen molar-refractivity contribution in [3.63, 3.8) is 0 Å². The molecule has 2 aliphatic heterocycles. The predicted octanol–water partition coefficient (Wildman–Crippen LogP) is -0.334. The van der Waals surface area contributed by atoms with Crippen molar-refractivity contribution in [2.75, 3.05) is 53.1 Å². The Morgan fingerprint density at radius 3 is 2.75 bits per heavy atom. The van der Waals surface area contributed by atoms with Crippen molar-refractivity contribution in [2.24, 2.45) is 0 Å². The molecule has 0 aromatic rings. The molecule has 1 N–H and O–H groups in total. The largest absolute Gasteiger partial charge is 0.383 e. The molecule has 0 unspecified atom stereocenters. The van der Waals surface area contributed by atoms with E-state index in [1.54, 1.807) is 16.9 Å². The normalized spacial score (nSPS) is 22.9. The molecule has 0 aromatic heterocycles. The topological polar surface area (TPSA) is 71.1 Å². The van der Waals surface area contributed by atoms with Gasteiger partial charge in [0.15, 0.2) is 0 Å². The summed E-state index contributed by atoms with van der Waals surface area (Å²) in [7, 11) is 1.59. The van der Waals surface area contributed by atoms with Crippen molar-refractivity contribution in [3.05, 3.63) is 0 Å². The summed E-state index contributed by atoms with van der Waals surface area (Å²) >= 11 is 0. The molecule has 7 nitrogen and oxygen atoms in total. The van der Waals surface area contributed by atoms with Gasteiger partial charge in [0, 0.05) is 33.3 Å². The predicted molar refractivity (Wildman–Crippen MR) is 72.4 cm³/mol. The molecule has 0 aromatic carbocycles. The van der Waals surface area contributed by atoms with Gasteiger partial charge in [0.2, 0.25) is 5.91 Å². The lowest BCUT2D eigenvalue weighted by Gasteiger charge is -2.32. The number of rotatable bonds is 4. The monoisotopic (exact) mass is 285 g/mol. The van der Waals surface area contributed by atoms with Gasteiger partial charge >= 0.3 is 6.03 Å². The van der Waals surface area contributed by atoms with Gasteiger partial charge in [-0.25, -0.2) is 4.79 Å². The molecule has 114 valence electrons. The molecular weight excluding hydrogens is 262 g/mol. The number of hydrogen-bond donors (Lipinski definition) is 1. The van der Waals surface area contributed by atoms with Crippen LogP contribution in [0.5, 0.6) is 0 Å². The van der Waals surface area contributed by atoms with Crippen molar-refractivity contribution in [1.29, 1.82) is 0 Å². The molecule has 0 aliphatic carbocycles. The van der Waals surface area contributed by atoms with Gasteiger partial charge in [0.05, 0.1) is 19.8 Å². The molecular formula is C13H23N3O4. The van der Waals surface area contributed by atoms with Gasteiger partial charge in [-0.15, -0.1) is 0 Å². The van der Waals surface area contributed by atoms with E-state index in [1.165, 1.54) is 0 Å². The fraction of sp³-hybridized carbons (Fsp3) is 0.846. The van der Waals surface area contributed by atoms with E-state index < -0.39 is 0 Å². The third kappa shape index (κ3) is 3.61. The van der Waals surface area contributed by atoms with Crippen molar-refractivity contribution in [1.82, 2.24) is 15.1 Å². The Bertz CT molecular complexity index is 345. The number of ether oxygens (including phenoxy) is 2. The van der Waals surface area contributed by atoms with Crippen LogP contribution in [0.4, 0.5) is 4.79 Å². The standard InChI is InChI=1S/C13H23N3O4/c1-19-8-4-14-13(18)16-5-2-3-11(16)12(17)15-6-9-20-10-7-15/h11H,2-10H2,1H3,(H,14,18)/t11-/m0/s1. The van der Waals surface area contributed by atoms with Gasteiger partial charge in [-0.05, 0) is 12.8 Å². The van der Waals surface area contributed by atoms with E-state index >= 15 is 0 Å². The number of amides is 3. The van der Waals surface area contributed by atoms with Crippen LogP contribution in [0.1, 0.15) is 12.8 Å². The third-order valence-electron chi connectivity index (χ3n) is 3.70. The van der Waals surface area contributed by atoms with Crippen LogP contribution in [-0.4, -0.2) is 80.9 Å². The number of hydrogen-bond acceptors (Lipinski definition) is 4. The lowest BCUT2D eigenvalue weighted by atomic mass is 10.2. The minimum Gasteiger partial charge on any atom is -0.383 e. The molecule has 0 saturated carbocycles. The zero-order chi connectivity index (χ0) is 14.4. The molecule has 0 radical (unpaired) electrons. The number of likely N-dealkylation sites (tertiary alicyclic amines) is 1. The van der Waals surface area contributed by atoms with Gasteiger partial charge in [-0.3, -0.25) is 4.79 Å². The first-order valence-corrected chi connectivity index (χ1v) is 7.14. The van der Waals surface area contributed by atoms with E-state index in [9.17, 15) is 9.59 Å². The number of nitrogens with one attached hydrogen (secondary N) is 1. The van der Waals surface area contributed by atoms with Gasteiger partial charge in [-0.1, -0.05) is 0 Å². The highest BCUT2D eigenvalue weighted by molar-refractivity contribution is 5.87. The first-order valence-electron chi connectivity index (χ1n) is 7.14. The maximum Gasteiger partial charge on any atom is 0.318 e. The van der Waals surface area contributed by atoms with Crippen LogP contribution in [0, 0.1) is 0 Å². The van der Waals surface area contributed by atoms with Crippen LogP contribution < -0.4 is 5.32 Å². The Balaban J connectivity index is 1.88. The van der Waals surface area contributed by atoms with E-state index in [0.717, 1.165) is 12.8 Å². The van der Waals surface area contributed by atoms with E-state index in [-0.39, 0.29) is 18.0 Å². The van der Waals surface area contributed by atoms with Crippen molar-refractivity contribution < 1.29 is 19.1 Å². The summed E-state index contributed by atoms with van der Waals surface area (Å²) in [5, 5.41) is 2.78. The molecule has 2 rings (SSSR count). The number of urea groups is 1. The lowest BCUT2D eigenvalue weighted by molar-refractivity contribution is -0.139. The van der Waals surface area contributed by atoms with Crippen LogP contribution >= 0.6 is 0 Å². The Hall–Kier alpha value is -1.34. The van der Waals surface area contributed by atoms with Gasteiger partial charge in [0.25, 0.3) is 0 Å². The van der Waals surface area contributed by atoms with Gasteiger partial charge in [-0.2, -0.15) is 0 Å². The summed E-state index contributed by atoms with van der Waals surface area (Å²) in [6.07, 6.45) is 1.62. The highest BCUT2D eigenvalue weighted by Crippen LogP contribution is 2.20. The maximum atomic E-state index is 12.5. The fourth-order valence-corrected chi connectivity index (χ4v) is 2.62. The Kier molecular flexibility index (Phi) is 5.60. The third-order valence-corrected chi connectivity index (χ3v) is 3.70. The van der Waals surface area contributed by atoms with Crippen molar-refractivity contribution in [2.45, 2.75) is 18.9 Å². The molecule has 2 fully saturated rings. The number of methoxy groups -OCH3 is 1. The first-order chi connectivity index (χ1) is 9.74. The zero-order valence-electron chi connectivity index (χ0n) is 12.0. The van der Waals surface area contributed by atoms with Crippen LogP contribution in [0.15, 0.2) is 0 Å². The minimum atomic E-state index is -0.323. The second kappa shape index (κ2) is 7.44. The maximum absolute atomic E-state index is 12.5. The van der Waals surface area contributed by atoms with E-state index in [2.05, 4.69) is 5.32 Å². The lowest BCUT2D eigenvalue weighted by Crippen LogP contribution is -2.53. The summed E-state index contributed by atoms with van der Waals surface area (Å²) in [5.74, 6) is 0.0488. The molecule has 1 atom stereocenters. The van der Waals surface area contributed by atoms with Crippen LogP contribution in [-0.2, 0) is 14.3 Å². The number of carbonyl (C=O) groups excluding carboxylic acids is 2. The minimum absolute atomic E-state index is 0.0488. The number of carbonyl (C=O) groups is 2. The van der Waals surface area contributed by atoms with Crippen molar-refractivity contribution >= 4 is 11.9 Å². The van der Waals surface area contributed by atoms with Crippen LogP contribution in [0.25, 0.3) is 0 Å². The Morgan fingerprint density at radius 2 is 2.05 bits per heavy atom. The van der Waals surface area contributed by atoms with Gasteiger partial charge < -0.3 is 24.6 Å². The van der Waals surface area contributed by atoms with E-state index in [0.29, 0.717) is 46.0 Å². The Labute approximate surface area is 119 Å². The highest BCUT2D eigenvalue weighted by atomic mass is 16.5. The first kappa shape index (κ1) is 15.1. The summed E-state index contributed by atoms with van der Waals surface area (Å²) in [5.41, 5.74) is 0. The molecule has 2 aliphatic rings. The molecule has 7 heteroatoms. The summed E-state index contributed by atoms with van der Waals surface area (Å²) < 4.78 is 10.2. The summed E-state index contributed by atoms with van der Waals surface area (Å²) in [6.45, 7) is 3.98. The second-order valence-electron chi connectivity index (χ2n) is 5.01. The number of morpholine rings is 1. The Morgan fingerprint density at radius 1 is 1.30 bits per heavy atom. The average molecular weight is 285 g/mol. The smallest absolute Gasteiger partial charge is 0.318 e. The van der Waals surface area contributed by atoms with Crippen LogP contribution in [0.3, 0.4) is 0 Å². The molecule has 20 heavy (non-hydrogen) atoms. The van der Waals surface area contributed by atoms with Gasteiger partial charge in [0.1, 0.15) is 6.04 Å². The molecule has 2 heterocycles. The fourth-order valence-electron chi connectivity index (χ4n) is 2.62. The van der Waals surface area contributed by atoms with E-state index in [1.807, 2.05) is 0 Å². The molecule has 3 amide bonds. The number of nitrogens with zero attached hydrogens (tertiary/aromatic N) is 2. The van der Waals surface area contributed by atoms with E-state index in [4.69, 9.17) is 9.47 Å².